The van der Waals surface area contributed by atoms with Crippen LogP contribution in [0.15, 0.2) is 18.2 Å². The van der Waals surface area contributed by atoms with Crippen LogP contribution in [-0.4, -0.2) is 17.7 Å². The number of aryl methyl sites for hydroxylation is 1. The molecule has 1 rings (SSSR count). The Morgan fingerprint density at radius 1 is 1.40 bits per heavy atom. The molecule has 0 aliphatic carbocycles. The fourth-order valence-electron chi connectivity index (χ4n) is 1.44. The topological polar surface area (TPSA) is 46.5 Å². The number of para-hydroxylation sites is 1. The lowest BCUT2D eigenvalue weighted by Gasteiger charge is -2.08. The van der Waals surface area contributed by atoms with Gasteiger partial charge in [-0.2, -0.15) is 0 Å². The third-order valence-electron chi connectivity index (χ3n) is 2.13. The number of hydrogen-bond donors (Lipinski definition) is 1. The minimum Gasteiger partial charge on any atom is -0.507 e. The molecule has 82 valence electrons. The van der Waals surface area contributed by atoms with E-state index >= 15 is 0 Å². The second-order valence-corrected chi connectivity index (χ2v) is 3.28. The number of ether oxygens (including phenoxy) is 1. The molecule has 0 heterocycles. The Labute approximate surface area is 89.7 Å². The maximum Gasteiger partial charge on any atom is 0.341 e. The minimum absolute atomic E-state index is 0.0535. The maximum atomic E-state index is 11.4. The van der Waals surface area contributed by atoms with Crippen LogP contribution < -0.4 is 0 Å². The molecular weight excluding hydrogens is 192 g/mol. The Morgan fingerprint density at radius 3 is 2.73 bits per heavy atom. The number of rotatable bonds is 4. The van der Waals surface area contributed by atoms with Gasteiger partial charge in [-0.1, -0.05) is 25.5 Å². The van der Waals surface area contributed by atoms with Crippen molar-refractivity contribution in [2.24, 2.45) is 0 Å². The SMILES string of the molecule is CCCc1cccc(C(=O)OCC)c1O. The first-order chi connectivity index (χ1) is 7.20. The summed E-state index contributed by atoms with van der Waals surface area (Å²) in [6.45, 7) is 4.08. The Balaban J connectivity index is 2.98. The van der Waals surface area contributed by atoms with Gasteiger partial charge in [-0.3, -0.25) is 0 Å². The lowest BCUT2D eigenvalue weighted by atomic mass is 10.1. The quantitative estimate of drug-likeness (QED) is 0.773. The zero-order valence-corrected chi connectivity index (χ0v) is 9.12. The fraction of sp³-hybridized carbons (Fsp3) is 0.417. The molecule has 0 spiro atoms. The summed E-state index contributed by atoms with van der Waals surface area (Å²) in [6, 6.07) is 5.16. The molecular formula is C12H16O3. The first-order valence-electron chi connectivity index (χ1n) is 5.18. The molecule has 0 unspecified atom stereocenters. The summed E-state index contributed by atoms with van der Waals surface area (Å²) in [5.74, 6) is -0.411. The number of phenols is 1. The predicted molar refractivity (Wildman–Crippen MR) is 58.1 cm³/mol. The molecule has 0 radical (unpaired) electrons. The van der Waals surface area contributed by atoms with Crippen LogP contribution in [0.2, 0.25) is 0 Å². The molecule has 0 bridgehead atoms. The van der Waals surface area contributed by atoms with Gasteiger partial charge < -0.3 is 9.84 Å². The second-order valence-electron chi connectivity index (χ2n) is 3.28. The first kappa shape index (κ1) is 11.6. The van der Waals surface area contributed by atoms with E-state index in [1.165, 1.54) is 0 Å². The lowest BCUT2D eigenvalue weighted by molar-refractivity contribution is 0.0523. The van der Waals surface area contributed by atoms with Gasteiger partial charge in [0.25, 0.3) is 0 Å². The summed E-state index contributed by atoms with van der Waals surface area (Å²) >= 11 is 0. The van der Waals surface area contributed by atoms with E-state index in [1.54, 1.807) is 19.1 Å². The average molecular weight is 208 g/mol. The Morgan fingerprint density at radius 2 is 2.13 bits per heavy atom. The van der Waals surface area contributed by atoms with Gasteiger partial charge in [0.1, 0.15) is 11.3 Å². The molecule has 0 aliphatic rings. The highest BCUT2D eigenvalue weighted by Gasteiger charge is 2.14. The van der Waals surface area contributed by atoms with E-state index in [9.17, 15) is 9.90 Å². The molecule has 0 saturated carbocycles. The molecule has 0 amide bonds. The predicted octanol–water partition coefficient (Wildman–Crippen LogP) is 2.52. The van der Waals surface area contributed by atoms with E-state index < -0.39 is 5.97 Å². The van der Waals surface area contributed by atoms with E-state index in [0.717, 1.165) is 18.4 Å². The van der Waals surface area contributed by atoms with Crippen LogP contribution in [0.25, 0.3) is 0 Å². The zero-order chi connectivity index (χ0) is 11.3. The van der Waals surface area contributed by atoms with Crippen LogP contribution in [0.4, 0.5) is 0 Å². The highest BCUT2D eigenvalue weighted by atomic mass is 16.5. The van der Waals surface area contributed by atoms with Crippen LogP contribution in [0.3, 0.4) is 0 Å². The molecule has 1 N–H and O–H groups in total. The summed E-state index contributed by atoms with van der Waals surface area (Å²) in [6.07, 6.45) is 1.69. The molecule has 3 heteroatoms. The number of phenolic OH excluding ortho intramolecular Hbond substituents is 1. The van der Waals surface area contributed by atoms with Crippen molar-refractivity contribution in [1.29, 1.82) is 0 Å². The van der Waals surface area contributed by atoms with Crippen LogP contribution >= 0.6 is 0 Å². The Hall–Kier alpha value is -1.51. The summed E-state index contributed by atoms with van der Waals surface area (Å²) in [7, 11) is 0. The number of benzene rings is 1. The van der Waals surface area contributed by atoms with Gasteiger partial charge in [-0.05, 0) is 25.0 Å². The number of aromatic hydroxyl groups is 1. The number of hydrogen-bond acceptors (Lipinski definition) is 3. The molecule has 0 atom stereocenters. The minimum atomic E-state index is -0.465. The van der Waals surface area contributed by atoms with Crippen molar-refractivity contribution in [2.75, 3.05) is 6.61 Å². The highest BCUT2D eigenvalue weighted by molar-refractivity contribution is 5.92. The molecule has 3 nitrogen and oxygen atoms in total. The molecule has 0 saturated heterocycles. The molecule has 0 fully saturated rings. The highest BCUT2D eigenvalue weighted by Crippen LogP contribution is 2.24. The molecule has 0 aromatic heterocycles. The third-order valence-corrected chi connectivity index (χ3v) is 2.13. The number of carbonyl (C=O) groups excluding carboxylic acids is 1. The van der Waals surface area contributed by atoms with E-state index in [2.05, 4.69) is 0 Å². The number of carbonyl (C=O) groups is 1. The lowest BCUT2D eigenvalue weighted by Crippen LogP contribution is -2.05. The second kappa shape index (κ2) is 5.39. The van der Waals surface area contributed by atoms with Crippen molar-refractivity contribution in [1.82, 2.24) is 0 Å². The van der Waals surface area contributed by atoms with Crippen molar-refractivity contribution in [3.63, 3.8) is 0 Å². The van der Waals surface area contributed by atoms with Crippen molar-refractivity contribution in [2.45, 2.75) is 26.7 Å². The molecule has 15 heavy (non-hydrogen) atoms. The van der Waals surface area contributed by atoms with Crippen molar-refractivity contribution in [3.05, 3.63) is 29.3 Å². The summed E-state index contributed by atoms with van der Waals surface area (Å²) in [5.41, 5.74) is 1.05. The van der Waals surface area contributed by atoms with Gasteiger partial charge >= 0.3 is 5.97 Å². The first-order valence-corrected chi connectivity index (χ1v) is 5.18. The van der Waals surface area contributed by atoms with Gasteiger partial charge in [0, 0.05) is 0 Å². The Kier molecular flexibility index (Phi) is 4.16. The summed E-state index contributed by atoms with van der Waals surface area (Å²) < 4.78 is 4.84. The molecule has 0 aliphatic heterocycles. The largest absolute Gasteiger partial charge is 0.507 e. The van der Waals surface area contributed by atoms with E-state index in [-0.39, 0.29) is 11.3 Å². The van der Waals surface area contributed by atoms with Gasteiger partial charge in [0.2, 0.25) is 0 Å². The molecule has 1 aromatic carbocycles. The van der Waals surface area contributed by atoms with Crippen molar-refractivity contribution >= 4 is 5.97 Å². The zero-order valence-electron chi connectivity index (χ0n) is 9.12. The Bertz CT molecular complexity index is 345. The fourth-order valence-corrected chi connectivity index (χ4v) is 1.44. The maximum absolute atomic E-state index is 11.4. The summed E-state index contributed by atoms with van der Waals surface area (Å²) in [4.78, 5) is 11.4. The van der Waals surface area contributed by atoms with Crippen molar-refractivity contribution in [3.8, 4) is 5.75 Å². The summed E-state index contributed by atoms with van der Waals surface area (Å²) in [5, 5.41) is 9.82. The van der Waals surface area contributed by atoms with Crippen LogP contribution in [0.1, 0.15) is 36.2 Å². The smallest absolute Gasteiger partial charge is 0.341 e. The van der Waals surface area contributed by atoms with E-state index in [0.29, 0.717) is 6.61 Å². The van der Waals surface area contributed by atoms with Crippen LogP contribution in [0, 0.1) is 0 Å². The van der Waals surface area contributed by atoms with Gasteiger partial charge in [-0.25, -0.2) is 4.79 Å². The third kappa shape index (κ3) is 2.72. The standard InChI is InChI=1S/C12H16O3/c1-3-6-9-7-5-8-10(11(9)13)12(14)15-4-2/h5,7-8,13H,3-4,6H2,1-2H3. The number of esters is 1. The monoisotopic (exact) mass is 208 g/mol. The van der Waals surface area contributed by atoms with Crippen LogP contribution in [0.5, 0.6) is 5.75 Å². The van der Waals surface area contributed by atoms with E-state index in [4.69, 9.17) is 4.74 Å². The normalized spacial score (nSPS) is 10.0. The van der Waals surface area contributed by atoms with Gasteiger partial charge in [0.05, 0.1) is 6.61 Å². The molecule has 1 aromatic rings. The van der Waals surface area contributed by atoms with Crippen molar-refractivity contribution < 1.29 is 14.6 Å². The van der Waals surface area contributed by atoms with E-state index in [1.807, 2.05) is 13.0 Å². The average Bonchev–Trinajstić information content (AvgIpc) is 2.22. The van der Waals surface area contributed by atoms with Gasteiger partial charge in [0.15, 0.2) is 0 Å². The van der Waals surface area contributed by atoms with Crippen LogP contribution in [-0.2, 0) is 11.2 Å². The van der Waals surface area contributed by atoms with Gasteiger partial charge in [-0.15, -0.1) is 0 Å².